The van der Waals surface area contributed by atoms with Crippen LogP contribution in [0.4, 0.5) is 0 Å². The number of alkyl halides is 1. The Balaban J connectivity index is 2.08. The normalized spacial score (nSPS) is 24.0. The second kappa shape index (κ2) is 4.53. The molecule has 0 aromatic carbocycles. The number of rotatable bonds is 3. The van der Waals surface area contributed by atoms with Gasteiger partial charge in [-0.15, -0.1) is 11.6 Å². The maximum atomic E-state index is 6.02. The average molecular weight is 233 g/mol. The van der Waals surface area contributed by atoms with Gasteiger partial charge in [0.05, 0.1) is 5.38 Å². The van der Waals surface area contributed by atoms with Gasteiger partial charge in [-0.3, -0.25) is 0 Å². The molecule has 1 fully saturated rings. The second-order valence-corrected chi connectivity index (χ2v) is 5.10. The maximum absolute atomic E-state index is 6.02. The molecular formula is C9H13ClN2OS. The second-order valence-electron chi connectivity index (χ2n) is 3.43. The number of hydrogen-bond donors (Lipinski definition) is 0. The molecule has 0 N–H and O–H groups in total. The smallest absolute Gasteiger partial charge is 0.230 e. The number of nitrogens with zero attached hydrogens (tertiary/aromatic N) is 2. The fraction of sp³-hybridized carbons (Fsp3) is 0.778. The molecule has 3 nitrogen and oxygen atoms in total. The summed E-state index contributed by atoms with van der Waals surface area (Å²) in [6.45, 7) is 2.01. The summed E-state index contributed by atoms with van der Waals surface area (Å²) in [7, 11) is 0. The van der Waals surface area contributed by atoms with Gasteiger partial charge in [-0.25, -0.2) is 0 Å². The third-order valence-electron chi connectivity index (χ3n) is 2.37. The van der Waals surface area contributed by atoms with Crippen molar-refractivity contribution in [3.05, 3.63) is 11.7 Å². The molecule has 14 heavy (non-hydrogen) atoms. The van der Waals surface area contributed by atoms with Gasteiger partial charge in [-0.2, -0.15) is 16.7 Å². The van der Waals surface area contributed by atoms with Crippen molar-refractivity contribution in [2.75, 3.05) is 11.5 Å². The quantitative estimate of drug-likeness (QED) is 0.752. The molecule has 0 aliphatic carbocycles. The van der Waals surface area contributed by atoms with E-state index in [2.05, 4.69) is 10.1 Å². The Bertz CT molecular complexity index is 299. The summed E-state index contributed by atoms with van der Waals surface area (Å²) in [4.78, 5) is 4.34. The highest BCUT2D eigenvalue weighted by Gasteiger charge is 2.24. The molecule has 2 atom stereocenters. The van der Waals surface area contributed by atoms with Crippen molar-refractivity contribution >= 4 is 23.4 Å². The lowest BCUT2D eigenvalue weighted by molar-refractivity contribution is 0.356. The molecule has 1 aliphatic rings. The van der Waals surface area contributed by atoms with E-state index in [1.807, 2.05) is 18.7 Å². The first-order valence-corrected chi connectivity index (χ1v) is 6.45. The first-order chi connectivity index (χ1) is 6.81. The summed E-state index contributed by atoms with van der Waals surface area (Å²) >= 11 is 7.96. The van der Waals surface area contributed by atoms with E-state index >= 15 is 0 Å². The number of hydrogen-bond acceptors (Lipinski definition) is 4. The SMILES string of the molecule is CCC(Cl)c1noc(C2CCSC2)n1. The van der Waals surface area contributed by atoms with Gasteiger partial charge < -0.3 is 4.52 Å². The topological polar surface area (TPSA) is 38.9 Å². The average Bonchev–Trinajstić information content (AvgIpc) is 2.86. The Morgan fingerprint density at radius 2 is 2.57 bits per heavy atom. The van der Waals surface area contributed by atoms with Crippen LogP contribution >= 0.6 is 23.4 Å². The number of halogens is 1. The van der Waals surface area contributed by atoms with Crippen LogP contribution in [0.2, 0.25) is 0 Å². The zero-order valence-corrected chi connectivity index (χ0v) is 9.64. The minimum atomic E-state index is -0.110. The largest absolute Gasteiger partial charge is 0.339 e. The van der Waals surface area contributed by atoms with E-state index in [9.17, 15) is 0 Å². The lowest BCUT2D eigenvalue weighted by Crippen LogP contribution is -1.97. The highest BCUT2D eigenvalue weighted by Crippen LogP contribution is 2.32. The lowest BCUT2D eigenvalue weighted by Gasteiger charge is -1.99. The molecule has 2 rings (SSSR count). The predicted octanol–water partition coefficient (Wildman–Crippen LogP) is 2.98. The molecule has 0 spiro atoms. The van der Waals surface area contributed by atoms with Crippen molar-refractivity contribution < 1.29 is 4.52 Å². The van der Waals surface area contributed by atoms with Crippen molar-refractivity contribution in [1.29, 1.82) is 0 Å². The van der Waals surface area contributed by atoms with Crippen molar-refractivity contribution in [1.82, 2.24) is 10.1 Å². The van der Waals surface area contributed by atoms with Crippen molar-refractivity contribution in [2.45, 2.75) is 31.1 Å². The fourth-order valence-corrected chi connectivity index (χ4v) is 2.75. The fourth-order valence-electron chi connectivity index (χ4n) is 1.45. The van der Waals surface area contributed by atoms with Crippen LogP contribution in [0.5, 0.6) is 0 Å². The van der Waals surface area contributed by atoms with Gasteiger partial charge in [0.25, 0.3) is 0 Å². The van der Waals surface area contributed by atoms with E-state index in [0.29, 0.717) is 11.7 Å². The standard InChI is InChI=1S/C9H13ClN2OS/c1-2-7(10)8-11-9(13-12-8)6-3-4-14-5-6/h6-7H,2-5H2,1H3. The van der Waals surface area contributed by atoms with Crippen LogP contribution in [0, 0.1) is 0 Å². The van der Waals surface area contributed by atoms with E-state index < -0.39 is 0 Å². The lowest BCUT2D eigenvalue weighted by atomic mass is 10.1. The highest BCUT2D eigenvalue weighted by atomic mass is 35.5. The summed E-state index contributed by atoms with van der Waals surface area (Å²) < 4.78 is 5.21. The van der Waals surface area contributed by atoms with Gasteiger partial charge in [0, 0.05) is 11.7 Å². The Morgan fingerprint density at radius 1 is 1.71 bits per heavy atom. The molecule has 0 amide bonds. The predicted molar refractivity (Wildman–Crippen MR) is 57.9 cm³/mol. The first-order valence-electron chi connectivity index (χ1n) is 4.86. The highest BCUT2D eigenvalue weighted by molar-refractivity contribution is 7.99. The van der Waals surface area contributed by atoms with Gasteiger partial charge in [0.2, 0.25) is 5.89 Å². The van der Waals surface area contributed by atoms with Crippen LogP contribution in [0.25, 0.3) is 0 Å². The van der Waals surface area contributed by atoms with Gasteiger partial charge in [0.15, 0.2) is 5.82 Å². The summed E-state index contributed by atoms with van der Waals surface area (Å²) in [5, 5.41) is 3.79. The van der Waals surface area contributed by atoms with Gasteiger partial charge in [-0.05, 0) is 18.6 Å². The number of thioether (sulfide) groups is 1. The Morgan fingerprint density at radius 3 is 3.21 bits per heavy atom. The molecule has 1 aliphatic heterocycles. The summed E-state index contributed by atoms with van der Waals surface area (Å²) in [5.74, 6) is 4.15. The van der Waals surface area contributed by atoms with E-state index in [4.69, 9.17) is 16.1 Å². The third-order valence-corrected chi connectivity index (χ3v) is 4.04. The minimum Gasteiger partial charge on any atom is -0.339 e. The molecule has 2 heterocycles. The van der Waals surface area contributed by atoms with Gasteiger partial charge in [0.1, 0.15) is 0 Å². The van der Waals surface area contributed by atoms with Crippen LogP contribution in [0.15, 0.2) is 4.52 Å². The first kappa shape index (κ1) is 10.3. The van der Waals surface area contributed by atoms with Crippen LogP contribution < -0.4 is 0 Å². The number of aromatic nitrogens is 2. The summed E-state index contributed by atoms with van der Waals surface area (Å²) in [6.07, 6.45) is 1.98. The zero-order chi connectivity index (χ0) is 9.97. The van der Waals surface area contributed by atoms with Crippen LogP contribution in [-0.2, 0) is 0 Å². The van der Waals surface area contributed by atoms with E-state index in [1.54, 1.807) is 0 Å². The minimum absolute atomic E-state index is 0.110. The van der Waals surface area contributed by atoms with E-state index in [-0.39, 0.29) is 5.38 Å². The monoisotopic (exact) mass is 232 g/mol. The van der Waals surface area contributed by atoms with Crippen molar-refractivity contribution in [3.8, 4) is 0 Å². The molecule has 0 radical (unpaired) electrons. The van der Waals surface area contributed by atoms with Crippen molar-refractivity contribution in [3.63, 3.8) is 0 Å². The summed E-state index contributed by atoms with van der Waals surface area (Å²) in [6, 6.07) is 0. The summed E-state index contributed by atoms with van der Waals surface area (Å²) in [5.41, 5.74) is 0. The Hall–Kier alpha value is -0.220. The maximum Gasteiger partial charge on any atom is 0.230 e. The van der Waals surface area contributed by atoms with Gasteiger partial charge >= 0.3 is 0 Å². The molecule has 2 unspecified atom stereocenters. The molecule has 1 saturated heterocycles. The molecule has 78 valence electrons. The molecule has 0 bridgehead atoms. The van der Waals surface area contributed by atoms with Gasteiger partial charge in [-0.1, -0.05) is 12.1 Å². The Labute approximate surface area is 92.6 Å². The Kier molecular flexibility index (Phi) is 3.34. The third kappa shape index (κ3) is 2.06. The van der Waals surface area contributed by atoms with Crippen molar-refractivity contribution in [2.24, 2.45) is 0 Å². The van der Waals surface area contributed by atoms with Crippen LogP contribution in [0.3, 0.4) is 0 Å². The molecule has 0 saturated carbocycles. The molecule has 1 aromatic heterocycles. The van der Waals surface area contributed by atoms with Crippen LogP contribution in [0.1, 0.15) is 42.8 Å². The molecular weight excluding hydrogens is 220 g/mol. The van der Waals surface area contributed by atoms with E-state index in [1.165, 1.54) is 5.75 Å². The molecule has 1 aromatic rings. The molecule has 5 heteroatoms. The zero-order valence-electron chi connectivity index (χ0n) is 8.07. The van der Waals surface area contributed by atoms with E-state index in [0.717, 1.165) is 24.5 Å². The van der Waals surface area contributed by atoms with Crippen LogP contribution in [-0.4, -0.2) is 21.6 Å².